The second-order valence-corrected chi connectivity index (χ2v) is 5.72. The predicted octanol–water partition coefficient (Wildman–Crippen LogP) is 3.32. The lowest BCUT2D eigenvalue weighted by Crippen LogP contribution is -2.28. The number of ketones is 1. The first-order valence-electron chi connectivity index (χ1n) is 5.85. The van der Waals surface area contributed by atoms with Crippen LogP contribution in [0.1, 0.15) is 52.9 Å². The molecule has 0 N–H and O–H groups in total. The largest absolute Gasteiger partial charge is 0.298 e. The second-order valence-electron chi connectivity index (χ2n) is 5.72. The smallest absolute Gasteiger partial charge is 0.149 e. The molecule has 15 heavy (non-hydrogen) atoms. The normalized spacial score (nSPS) is 27.1. The van der Waals surface area contributed by atoms with E-state index in [0.717, 1.165) is 31.6 Å². The Morgan fingerprint density at radius 3 is 2.20 bits per heavy atom. The highest BCUT2D eigenvalue weighted by molar-refractivity contribution is 5.82. The van der Waals surface area contributed by atoms with Crippen LogP contribution in [-0.4, -0.2) is 5.78 Å². The van der Waals surface area contributed by atoms with Crippen molar-refractivity contribution in [2.24, 2.45) is 17.3 Å². The van der Waals surface area contributed by atoms with Crippen molar-refractivity contribution in [1.82, 2.24) is 0 Å². The molecule has 0 aliphatic heterocycles. The zero-order valence-electron chi connectivity index (χ0n) is 10.0. The summed E-state index contributed by atoms with van der Waals surface area (Å²) in [6, 6.07) is 1.96. The molecule has 0 unspecified atom stereocenters. The second kappa shape index (κ2) is 4.79. The molecule has 1 aliphatic rings. The monoisotopic (exact) mass is 207 g/mol. The molecule has 1 aliphatic carbocycles. The molecule has 1 fully saturated rings. The van der Waals surface area contributed by atoms with E-state index in [9.17, 15) is 4.79 Å². The van der Waals surface area contributed by atoms with Gasteiger partial charge in [-0.3, -0.25) is 4.79 Å². The zero-order valence-corrected chi connectivity index (χ0v) is 10.0. The summed E-state index contributed by atoms with van der Waals surface area (Å²) in [6.07, 6.45) is 4.37. The molecule has 0 saturated heterocycles. The van der Waals surface area contributed by atoms with Crippen LogP contribution in [0, 0.1) is 28.6 Å². The number of rotatable bonds is 2. The molecule has 0 bridgehead atoms. The molecular weight excluding hydrogens is 186 g/mol. The Hall–Kier alpha value is -0.840. The van der Waals surface area contributed by atoms with Crippen molar-refractivity contribution in [3.63, 3.8) is 0 Å². The van der Waals surface area contributed by atoms with Crippen LogP contribution < -0.4 is 0 Å². The fraction of sp³-hybridized carbons (Fsp3) is 0.846. The molecule has 0 radical (unpaired) electrons. The molecule has 0 spiro atoms. The first kappa shape index (κ1) is 12.2. The number of nitrogens with zero attached hydrogens (tertiary/aromatic N) is 1. The molecule has 2 nitrogen and oxygen atoms in total. The van der Waals surface area contributed by atoms with Gasteiger partial charge in [0, 0.05) is 5.92 Å². The van der Waals surface area contributed by atoms with Gasteiger partial charge in [0.25, 0.3) is 0 Å². The third kappa shape index (κ3) is 3.34. The van der Waals surface area contributed by atoms with Crippen LogP contribution in [0.3, 0.4) is 0 Å². The number of carbonyl (C=O) groups is 1. The summed E-state index contributed by atoms with van der Waals surface area (Å²) in [5.74, 6) is 1.07. The summed E-state index contributed by atoms with van der Waals surface area (Å²) in [5.41, 5.74) is 0.364. The minimum Gasteiger partial charge on any atom is -0.298 e. The van der Waals surface area contributed by atoms with Gasteiger partial charge >= 0.3 is 0 Å². The van der Waals surface area contributed by atoms with Crippen LogP contribution in [0.5, 0.6) is 0 Å². The van der Waals surface area contributed by atoms with Crippen LogP contribution >= 0.6 is 0 Å². The molecular formula is C13H21NO. The first-order chi connectivity index (χ1) is 6.95. The van der Waals surface area contributed by atoms with Gasteiger partial charge in [0.2, 0.25) is 0 Å². The third-order valence-electron chi connectivity index (χ3n) is 3.66. The Bertz CT molecular complexity index is 261. The van der Waals surface area contributed by atoms with Crippen LogP contribution in [0.15, 0.2) is 0 Å². The van der Waals surface area contributed by atoms with Gasteiger partial charge in [0.05, 0.1) is 12.5 Å². The van der Waals surface area contributed by atoms with Gasteiger partial charge < -0.3 is 0 Å². The van der Waals surface area contributed by atoms with E-state index in [0.29, 0.717) is 5.41 Å². The van der Waals surface area contributed by atoms with Crippen molar-refractivity contribution in [2.45, 2.75) is 52.9 Å². The van der Waals surface area contributed by atoms with E-state index in [4.69, 9.17) is 5.26 Å². The first-order valence-corrected chi connectivity index (χ1v) is 5.85. The maximum atomic E-state index is 11.5. The van der Waals surface area contributed by atoms with Crippen LogP contribution in [-0.2, 0) is 4.79 Å². The van der Waals surface area contributed by atoms with E-state index in [1.807, 2.05) is 6.07 Å². The van der Waals surface area contributed by atoms with E-state index < -0.39 is 0 Å². The fourth-order valence-corrected chi connectivity index (χ4v) is 2.50. The summed E-state index contributed by atoms with van der Waals surface area (Å²) in [5, 5.41) is 8.48. The molecule has 1 saturated carbocycles. The Labute approximate surface area is 92.7 Å². The molecule has 0 aromatic heterocycles. The van der Waals surface area contributed by atoms with Crippen molar-refractivity contribution < 1.29 is 4.79 Å². The van der Waals surface area contributed by atoms with Crippen molar-refractivity contribution in [2.75, 3.05) is 0 Å². The SMILES string of the molecule is CC(C)(C)C1CCC(C(=O)CC#N)CC1. The van der Waals surface area contributed by atoms with Gasteiger partial charge in [0.15, 0.2) is 0 Å². The lowest BCUT2D eigenvalue weighted by Gasteiger charge is -2.36. The zero-order chi connectivity index (χ0) is 11.5. The topological polar surface area (TPSA) is 40.9 Å². The van der Waals surface area contributed by atoms with Crippen molar-refractivity contribution in [3.8, 4) is 6.07 Å². The number of Topliss-reactive ketones (excluding diaryl/α,β-unsaturated/α-hetero) is 1. The number of nitriles is 1. The maximum absolute atomic E-state index is 11.5. The summed E-state index contributed by atoms with van der Waals surface area (Å²) in [7, 11) is 0. The van der Waals surface area contributed by atoms with Crippen molar-refractivity contribution in [3.05, 3.63) is 0 Å². The standard InChI is InChI=1S/C13H21NO/c1-13(2,3)11-6-4-10(5-7-11)12(15)8-9-14/h10-11H,4-8H2,1-3H3. The predicted molar refractivity (Wildman–Crippen MR) is 60.1 cm³/mol. The molecule has 0 aromatic rings. The fourth-order valence-electron chi connectivity index (χ4n) is 2.50. The Kier molecular flexibility index (Phi) is 3.90. The molecule has 2 heteroatoms. The van der Waals surface area contributed by atoms with E-state index in [1.165, 1.54) is 0 Å². The quantitative estimate of drug-likeness (QED) is 0.697. The summed E-state index contributed by atoms with van der Waals surface area (Å²) < 4.78 is 0. The number of carbonyl (C=O) groups excluding carboxylic acids is 1. The highest BCUT2D eigenvalue weighted by Gasteiger charge is 2.31. The lowest BCUT2D eigenvalue weighted by molar-refractivity contribution is -0.123. The summed E-state index contributed by atoms with van der Waals surface area (Å²) in [6.45, 7) is 6.82. The summed E-state index contributed by atoms with van der Waals surface area (Å²) in [4.78, 5) is 11.5. The van der Waals surface area contributed by atoms with Gasteiger partial charge in [0.1, 0.15) is 5.78 Å². The molecule has 84 valence electrons. The average molecular weight is 207 g/mol. The Morgan fingerprint density at radius 1 is 1.27 bits per heavy atom. The number of hydrogen-bond donors (Lipinski definition) is 0. The highest BCUT2D eigenvalue weighted by atomic mass is 16.1. The number of hydrogen-bond acceptors (Lipinski definition) is 2. The van der Waals surface area contributed by atoms with Crippen molar-refractivity contribution in [1.29, 1.82) is 5.26 Å². The van der Waals surface area contributed by atoms with E-state index in [-0.39, 0.29) is 18.1 Å². The van der Waals surface area contributed by atoms with Crippen molar-refractivity contribution >= 4 is 5.78 Å². The van der Waals surface area contributed by atoms with Gasteiger partial charge in [-0.15, -0.1) is 0 Å². The van der Waals surface area contributed by atoms with E-state index in [2.05, 4.69) is 20.8 Å². The minimum atomic E-state index is 0.102. The highest BCUT2D eigenvalue weighted by Crippen LogP contribution is 2.40. The maximum Gasteiger partial charge on any atom is 0.149 e. The van der Waals surface area contributed by atoms with Crippen LogP contribution in [0.4, 0.5) is 0 Å². The van der Waals surface area contributed by atoms with E-state index in [1.54, 1.807) is 0 Å². The molecule has 0 aromatic carbocycles. The average Bonchev–Trinajstić information content (AvgIpc) is 2.17. The molecule has 0 heterocycles. The molecule has 0 atom stereocenters. The van der Waals surface area contributed by atoms with Gasteiger partial charge in [-0.1, -0.05) is 20.8 Å². The lowest BCUT2D eigenvalue weighted by atomic mass is 9.69. The summed E-state index contributed by atoms with van der Waals surface area (Å²) >= 11 is 0. The molecule has 0 amide bonds. The van der Waals surface area contributed by atoms with Crippen LogP contribution in [0.2, 0.25) is 0 Å². The minimum absolute atomic E-state index is 0.102. The van der Waals surface area contributed by atoms with Crippen LogP contribution in [0.25, 0.3) is 0 Å². The van der Waals surface area contributed by atoms with E-state index >= 15 is 0 Å². The van der Waals surface area contributed by atoms with Gasteiger partial charge in [-0.2, -0.15) is 5.26 Å². The third-order valence-corrected chi connectivity index (χ3v) is 3.66. The van der Waals surface area contributed by atoms with Gasteiger partial charge in [-0.05, 0) is 37.0 Å². The molecule has 1 rings (SSSR count). The Balaban J connectivity index is 2.43. The van der Waals surface area contributed by atoms with Gasteiger partial charge in [-0.25, -0.2) is 0 Å². The Morgan fingerprint density at radius 2 is 1.80 bits per heavy atom.